The molecule has 4 saturated heterocycles. The number of aromatic amines is 2. The molecular formula is C88H96N10O19S2. The molecule has 4 fully saturated rings. The molecule has 20 rings (SSSR count). The van der Waals surface area contributed by atoms with Gasteiger partial charge in [0.15, 0.2) is 51.5 Å². The fourth-order valence-electron chi connectivity index (χ4n) is 20.6. The van der Waals surface area contributed by atoms with Gasteiger partial charge in [-0.3, -0.25) is 39.3 Å². The summed E-state index contributed by atoms with van der Waals surface area (Å²) in [6.07, 6.45) is 7.91. The highest BCUT2D eigenvalue weighted by Crippen LogP contribution is 2.68. The van der Waals surface area contributed by atoms with Crippen LogP contribution in [0.2, 0.25) is 0 Å². The lowest BCUT2D eigenvalue weighted by molar-refractivity contribution is -0.157. The molecule has 12 aliphatic rings. The molecule has 12 aliphatic heterocycles. The number of aromatic nitrogens is 2. The van der Waals surface area contributed by atoms with E-state index >= 15 is 0 Å². The van der Waals surface area contributed by atoms with Crippen LogP contribution in [0.5, 0.6) is 69.0 Å². The quantitative estimate of drug-likeness (QED) is 0.0273. The molecule has 14 heterocycles. The van der Waals surface area contributed by atoms with Gasteiger partial charge in [0.1, 0.15) is 48.3 Å². The van der Waals surface area contributed by atoms with Crippen molar-refractivity contribution in [2.75, 3.05) is 78.7 Å². The van der Waals surface area contributed by atoms with Gasteiger partial charge in [0.05, 0.1) is 72.5 Å². The number of hydrogen-bond donors (Lipinski definition) is 8. The third-order valence-corrected chi connectivity index (χ3v) is 27.7. The molecule has 6 aromatic carbocycles. The average molecular weight is 1660 g/mol. The number of H-pyrrole nitrogens is 2. The van der Waals surface area contributed by atoms with Crippen molar-refractivity contribution < 1.29 is 91.8 Å². The predicted molar refractivity (Wildman–Crippen MR) is 443 cm³/mol. The van der Waals surface area contributed by atoms with E-state index in [0.717, 1.165) is 61.6 Å². The molecule has 2 aromatic heterocycles. The molecule has 31 heteroatoms. The Kier molecular flexibility index (Phi) is 22.4. The van der Waals surface area contributed by atoms with Gasteiger partial charge in [-0.15, -0.1) is 36.7 Å². The van der Waals surface area contributed by atoms with Gasteiger partial charge in [-0.05, 0) is 130 Å². The van der Waals surface area contributed by atoms with E-state index in [0.29, 0.717) is 142 Å². The zero-order valence-electron chi connectivity index (χ0n) is 65.6. The molecule has 8 bridgehead atoms. The van der Waals surface area contributed by atoms with Gasteiger partial charge < -0.3 is 83.5 Å². The second-order valence-electron chi connectivity index (χ2n) is 31.1. The number of nitrogens with zero attached hydrogens (tertiary/aromatic N) is 6. The highest BCUT2D eigenvalue weighted by Gasteiger charge is 2.65. The molecule has 2 unspecified atom stereocenters. The minimum atomic E-state index is -1.35. The number of nitrogens with one attached hydrogen (secondary N) is 3. The number of phenols is 4. The summed E-state index contributed by atoms with van der Waals surface area (Å²) in [4.78, 5) is 81.7. The van der Waals surface area contributed by atoms with Crippen molar-refractivity contribution in [1.29, 1.82) is 10.5 Å². The van der Waals surface area contributed by atoms with Crippen LogP contribution in [0.1, 0.15) is 147 Å². The number of benzene rings is 6. The van der Waals surface area contributed by atoms with E-state index in [2.05, 4.69) is 60.2 Å². The summed E-state index contributed by atoms with van der Waals surface area (Å²) in [7, 11) is 3.05. The van der Waals surface area contributed by atoms with Crippen LogP contribution in [0, 0.1) is 50.4 Å². The third kappa shape index (κ3) is 13.0. The summed E-state index contributed by atoms with van der Waals surface area (Å²) >= 11 is 2.71. The number of phenolic OH excluding ortho intramolecular Hbond substituents is 4. The maximum Gasteiger partial charge on any atom is 0.375 e. The molecule has 119 heavy (non-hydrogen) atoms. The molecule has 1 spiro atoms. The first kappa shape index (κ1) is 83.0. The Balaban J connectivity index is 0.000000161. The highest BCUT2D eigenvalue weighted by molar-refractivity contribution is 8.00. The minimum Gasteiger partial charge on any atom is -0.508 e. The van der Waals surface area contributed by atoms with Crippen LogP contribution in [-0.4, -0.2) is 195 Å². The zero-order chi connectivity index (χ0) is 82.2. The van der Waals surface area contributed by atoms with Crippen molar-refractivity contribution in [3.8, 4) is 81.1 Å². The van der Waals surface area contributed by atoms with Crippen molar-refractivity contribution >= 4 is 75.0 Å². The van der Waals surface area contributed by atoms with Crippen molar-refractivity contribution in [1.82, 2.24) is 34.9 Å². The summed E-state index contributed by atoms with van der Waals surface area (Å²) in [6, 6.07) is 13.9. The van der Waals surface area contributed by atoms with Crippen LogP contribution in [0.3, 0.4) is 0 Å². The molecule has 0 amide bonds. The maximum absolute atomic E-state index is 14.9. The number of hydrogen-bond acceptors (Lipinski definition) is 29. The van der Waals surface area contributed by atoms with Gasteiger partial charge in [0, 0.05) is 136 Å². The second-order valence-corrected chi connectivity index (χ2v) is 33.4. The van der Waals surface area contributed by atoms with Crippen LogP contribution >= 0.6 is 23.5 Å². The third-order valence-electron chi connectivity index (χ3n) is 24.9. The smallest absolute Gasteiger partial charge is 0.375 e. The number of methoxy groups -OCH3 is 2. The van der Waals surface area contributed by atoms with E-state index in [9.17, 15) is 54.9 Å². The number of fused-ring (bicyclic) bond motifs is 21. The number of ketones is 1. The number of nitrogens with two attached hydrogens (primary N) is 1. The van der Waals surface area contributed by atoms with Gasteiger partial charge in [0.2, 0.25) is 19.4 Å². The minimum absolute atomic E-state index is 0. The maximum atomic E-state index is 14.9. The highest BCUT2D eigenvalue weighted by atomic mass is 32.2. The van der Waals surface area contributed by atoms with Crippen LogP contribution in [0.15, 0.2) is 80.0 Å². The van der Waals surface area contributed by atoms with Crippen molar-refractivity contribution in [2.45, 2.75) is 159 Å². The first-order chi connectivity index (χ1) is 56.4. The number of aromatic hydroxyl groups is 4. The normalized spacial score (nSPS) is 25.7. The zero-order valence-corrected chi connectivity index (χ0v) is 67.2. The molecule has 9 N–H and O–H groups in total. The van der Waals surface area contributed by atoms with Crippen molar-refractivity contribution in [2.24, 2.45) is 5.73 Å². The molecule has 624 valence electrons. The van der Waals surface area contributed by atoms with E-state index in [1.165, 1.54) is 44.5 Å². The largest absolute Gasteiger partial charge is 0.508 e. The first-order valence-electron chi connectivity index (χ1n) is 38.8. The molecule has 0 saturated carbocycles. The number of ether oxygens (including phenoxy) is 10. The Hall–Kier alpha value is -11.1. The number of Topliss-reactive ketones (excluding diaryl/α,β-unsaturated/α-hetero) is 1. The summed E-state index contributed by atoms with van der Waals surface area (Å²) in [5.41, 5.74) is 17.1. The number of piperazine rings is 2. The SMILES string of the molecule is C.C.C=CCN1[C@@H]2c3c(cc(C)c(OC)c3O)C[C@H]1[C@H](C#N)N1C2[C@@H]2SCC(=O)C(=O)OC[C@H]1c1c3c(c(C)c(OC(C)=O)c12)OCO3.C=CCN1[C@@H]2c3c(cc(C)c(OC)c3O)C[C@H]1[C@H](C#N)N1C2[C@@H]2SC[C@]3(NCCc4c3[nH]c3ccc(O)cc43)C(=O)OC[C@H]1c1c3c(c(C)c(OC(C)=O)c12)OCO3.NCCc1c[nH]c2ccc(O)cc12. The summed E-state index contributed by atoms with van der Waals surface area (Å²) in [6.45, 7) is 19.5. The number of rotatable bonds is 10. The summed E-state index contributed by atoms with van der Waals surface area (Å²) < 4.78 is 60.0. The van der Waals surface area contributed by atoms with E-state index in [1.807, 2.05) is 51.2 Å². The molecule has 29 nitrogen and oxygen atoms in total. The van der Waals surface area contributed by atoms with Crippen molar-refractivity contribution in [3.63, 3.8) is 0 Å². The summed E-state index contributed by atoms with van der Waals surface area (Å²) in [5.74, 6) is 0.272. The predicted octanol–water partition coefficient (Wildman–Crippen LogP) is 11.0. The second kappa shape index (κ2) is 32.2. The number of carbonyl (C=O) groups excluding carboxylic acids is 5. The number of thioether (sulfide) groups is 2. The number of nitriles is 2. The van der Waals surface area contributed by atoms with Gasteiger partial charge >= 0.3 is 23.9 Å². The Morgan fingerprint density at radius 2 is 1.15 bits per heavy atom. The molecule has 8 aromatic rings. The van der Waals surface area contributed by atoms with Crippen LogP contribution in [0.25, 0.3) is 21.8 Å². The summed E-state index contributed by atoms with van der Waals surface area (Å²) in [5, 5.41) is 70.3. The molecule has 0 radical (unpaired) electrons. The number of cyclic esters (lactones) is 1. The molecule has 0 aliphatic carbocycles. The fraction of sp³-hybridized carbons (Fsp3) is 0.420. The van der Waals surface area contributed by atoms with E-state index in [1.54, 1.807) is 50.4 Å². The Morgan fingerprint density at radius 3 is 1.65 bits per heavy atom. The standard InChI is InChI=1S/C43H43N5O9S.C33H33N3O9S.C10H12N2O.2CH4/c1-6-11-47-27-13-22-12-19(2)36(53-5)35(51)30(22)33(47)34-40-32-31(39-38(55-18-56-39)20(3)37(32)57-21(4)49)29(48(34)28(27)15-44)16-54-42(52)43(17-58-40)41-24(9-10-45-43)25-14-23(50)7-8-26(25)46-41;1-6-7-35-18-9-17-8-14(2)28(41-5)27(39)22(17)25(35)26-32-24-23(31-30(43-13-44-31)15(3)29(24)45-16(4)37)20(36(26)19(18)10-34)11-42-33(40)21(38)12-46-32;11-4-3-7-6-12-10-2-1-8(13)5-9(7)10;;/h6-8,12,14,27-29,33-34,40,45-46,50-51H,1,9-11,13,16-18H2,2-5H3;6,8,18-20,25-26,32,39H,1,7,9,11-13H2,2-5H3;1-2,5-6,12-13H,3-4,11H2;2*1H4/t27-,28-,29-,33+,34?,40+,43+;18-,19-,20-,25+,26?,32+;;;/m00.../s1. The first-order valence-corrected chi connectivity index (χ1v) is 40.9. The average Bonchev–Trinajstić information content (AvgIpc) is 1.69. The van der Waals surface area contributed by atoms with E-state index in [-0.39, 0.29) is 88.2 Å². The Morgan fingerprint density at radius 1 is 0.655 bits per heavy atom. The lowest BCUT2D eigenvalue weighted by atomic mass is 9.71. The lowest BCUT2D eigenvalue weighted by Crippen LogP contribution is -2.70. The van der Waals surface area contributed by atoms with Gasteiger partial charge in [0.25, 0.3) is 0 Å². The van der Waals surface area contributed by atoms with Crippen molar-refractivity contribution in [3.05, 3.63) is 164 Å². The van der Waals surface area contributed by atoms with Gasteiger partial charge in [-0.2, -0.15) is 10.5 Å². The van der Waals surface area contributed by atoms with Gasteiger partial charge in [-0.1, -0.05) is 39.1 Å². The number of esters is 4. The Labute approximate surface area is 696 Å². The lowest BCUT2D eigenvalue weighted by Gasteiger charge is -2.62. The van der Waals surface area contributed by atoms with E-state index in [4.69, 9.17) is 53.1 Å². The Bertz CT molecular complexity index is 5640. The molecular weight excluding hydrogens is 1570 g/mol. The van der Waals surface area contributed by atoms with Crippen LogP contribution in [-0.2, 0) is 64.7 Å². The van der Waals surface area contributed by atoms with Crippen LogP contribution < -0.4 is 48.9 Å². The topological polar surface area (TPSA) is 389 Å². The fourth-order valence-corrected chi connectivity index (χ4v) is 23.6. The van der Waals surface area contributed by atoms with Crippen LogP contribution in [0.4, 0.5) is 0 Å². The number of aryl methyl sites for hydroxylation is 2. The van der Waals surface area contributed by atoms with E-state index < -0.39 is 94.0 Å². The monoisotopic (exact) mass is 1660 g/mol. The number of carbonyl (C=O) groups is 5. The molecule has 13 atom stereocenters. The van der Waals surface area contributed by atoms with Gasteiger partial charge in [-0.25, -0.2) is 9.59 Å².